The quantitative estimate of drug-likeness (QED) is 0.739. The Bertz CT molecular complexity index is 910. The summed E-state index contributed by atoms with van der Waals surface area (Å²) in [6, 6.07) is 0. The Morgan fingerprint density at radius 1 is 1.30 bits per heavy atom. The number of nitrogens with one attached hydrogen (secondary N) is 1. The predicted octanol–water partition coefficient (Wildman–Crippen LogP) is 3.61. The Kier molecular flexibility index (Phi) is 3.54. The number of rotatable bonds is 3. The van der Waals surface area contributed by atoms with E-state index in [1.54, 1.807) is 28.7 Å². The molecule has 3 heterocycles. The van der Waals surface area contributed by atoms with E-state index in [9.17, 15) is 4.79 Å². The molecule has 0 atom stereocenters. The maximum Gasteiger partial charge on any atom is 0.250 e. The van der Waals surface area contributed by atoms with Crippen LogP contribution in [0.1, 0.15) is 33.3 Å². The molecule has 4 rings (SSSR count). The van der Waals surface area contributed by atoms with Crippen molar-refractivity contribution in [2.24, 2.45) is 0 Å². The number of aromatic nitrogens is 3. The minimum atomic E-state index is -0.154. The molecule has 1 aliphatic rings. The second-order valence-corrected chi connectivity index (χ2v) is 7.94. The highest BCUT2D eigenvalue weighted by atomic mass is 32.1. The molecule has 118 valence electrons. The number of anilines is 1. The van der Waals surface area contributed by atoms with Crippen LogP contribution in [0.15, 0.2) is 12.3 Å². The van der Waals surface area contributed by atoms with Gasteiger partial charge in [-0.05, 0) is 39.2 Å². The Morgan fingerprint density at radius 3 is 3.00 bits per heavy atom. The standard InChI is InChI=1S/C16H16N4OS2/c1-9-8-20-12(10(2)17-16(20)22-9)6-7-14(21)19-15-18-11-4-3-5-13(11)23-15/h6-8H,3-5H2,1-2H3,(H,18,19,21)/b7-6+. The Hall–Kier alpha value is -1.99. The summed E-state index contributed by atoms with van der Waals surface area (Å²) in [6.07, 6.45) is 8.71. The molecule has 0 fully saturated rings. The molecule has 0 bridgehead atoms. The number of nitrogens with zero attached hydrogens (tertiary/aromatic N) is 3. The van der Waals surface area contributed by atoms with E-state index in [-0.39, 0.29) is 5.91 Å². The van der Waals surface area contributed by atoms with Crippen molar-refractivity contribution >= 4 is 44.7 Å². The molecule has 0 unspecified atom stereocenters. The van der Waals surface area contributed by atoms with Crippen LogP contribution in [0.5, 0.6) is 0 Å². The SMILES string of the molecule is Cc1cn2c(/C=C/C(=O)Nc3nc4c(s3)CCC4)c(C)nc2s1. The van der Waals surface area contributed by atoms with Gasteiger partial charge in [0.25, 0.3) is 0 Å². The minimum absolute atomic E-state index is 0.154. The van der Waals surface area contributed by atoms with Crippen LogP contribution in [0, 0.1) is 13.8 Å². The van der Waals surface area contributed by atoms with Gasteiger partial charge < -0.3 is 0 Å². The number of hydrogen-bond acceptors (Lipinski definition) is 5. The van der Waals surface area contributed by atoms with Crippen molar-refractivity contribution in [1.29, 1.82) is 0 Å². The van der Waals surface area contributed by atoms with Crippen molar-refractivity contribution < 1.29 is 4.79 Å². The highest BCUT2D eigenvalue weighted by molar-refractivity contribution is 7.17. The van der Waals surface area contributed by atoms with E-state index < -0.39 is 0 Å². The van der Waals surface area contributed by atoms with E-state index in [4.69, 9.17) is 0 Å². The number of hydrogen-bond donors (Lipinski definition) is 1. The molecule has 1 aliphatic carbocycles. The van der Waals surface area contributed by atoms with E-state index in [0.29, 0.717) is 5.13 Å². The van der Waals surface area contributed by atoms with Crippen molar-refractivity contribution in [2.45, 2.75) is 33.1 Å². The molecule has 23 heavy (non-hydrogen) atoms. The van der Waals surface area contributed by atoms with Crippen molar-refractivity contribution in [3.63, 3.8) is 0 Å². The first kappa shape index (κ1) is 14.6. The molecule has 1 N–H and O–H groups in total. The molecule has 1 amide bonds. The fourth-order valence-corrected chi connectivity index (χ4v) is 4.76. The summed E-state index contributed by atoms with van der Waals surface area (Å²) in [7, 11) is 0. The Balaban J connectivity index is 1.52. The first-order chi connectivity index (χ1) is 11.1. The van der Waals surface area contributed by atoms with Crippen LogP contribution in [0.4, 0.5) is 5.13 Å². The number of imidazole rings is 1. The van der Waals surface area contributed by atoms with Crippen LogP contribution < -0.4 is 5.32 Å². The first-order valence-electron chi connectivity index (χ1n) is 7.53. The van der Waals surface area contributed by atoms with Gasteiger partial charge in [-0.25, -0.2) is 9.97 Å². The van der Waals surface area contributed by atoms with Gasteiger partial charge in [-0.15, -0.1) is 22.7 Å². The summed E-state index contributed by atoms with van der Waals surface area (Å²) in [5.74, 6) is -0.154. The normalized spacial score (nSPS) is 14.0. The molecular formula is C16H16N4OS2. The molecule has 0 spiro atoms. The van der Waals surface area contributed by atoms with Crippen molar-refractivity contribution in [1.82, 2.24) is 14.4 Å². The van der Waals surface area contributed by atoms with Crippen LogP contribution in [0.25, 0.3) is 11.0 Å². The fraction of sp³-hybridized carbons (Fsp3) is 0.312. The van der Waals surface area contributed by atoms with Gasteiger partial charge in [-0.3, -0.25) is 14.5 Å². The van der Waals surface area contributed by atoms with E-state index in [1.165, 1.54) is 16.2 Å². The number of carbonyl (C=O) groups is 1. The maximum atomic E-state index is 12.1. The van der Waals surface area contributed by atoms with Crippen LogP contribution in [0.3, 0.4) is 0 Å². The summed E-state index contributed by atoms with van der Waals surface area (Å²) >= 11 is 3.24. The van der Waals surface area contributed by atoms with Gasteiger partial charge in [0.1, 0.15) is 0 Å². The average Bonchev–Trinajstić information content (AvgIpc) is 3.18. The lowest BCUT2D eigenvalue weighted by Gasteiger charge is -1.97. The summed E-state index contributed by atoms with van der Waals surface area (Å²) < 4.78 is 2.02. The van der Waals surface area contributed by atoms with Gasteiger partial charge >= 0.3 is 0 Å². The van der Waals surface area contributed by atoms with Gasteiger partial charge in [0.15, 0.2) is 10.1 Å². The largest absolute Gasteiger partial charge is 0.298 e. The zero-order chi connectivity index (χ0) is 16.0. The first-order valence-corrected chi connectivity index (χ1v) is 9.16. The third kappa shape index (κ3) is 2.70. The lowest BCUT2D eigenvalue weighted by atomic mass is 10.3. The molecule has 3 aromatic rings. The minimum Gasteiger partial charge on any atom is -0.298 e. The Labute approximate surface area is 141 Å². The zero-order valence-electron chi connectivity index (χ0n) is 12.9. The van der Waals surface area contributed by atoms with E-state index >= 15 is 0 Å². The number of carbonyl (C=O) groups excluding carboxylic acids is 1. The smallest absolute Gasteiger partial charge is 0.250 e. The topological polar surface area (TPSA) is 59.3 Å². The maximum absolute atomic E-state index is 12.1. The van der Waals surface area contributed by atoms with Gasteiger partial charge in [0.2, 0.25) is 5.91 Å². The molecule has 0 saturated carbocycles. The molecule has 0 radical (unpaired) electrons. The van der Waals surface area contributed by atoms with Crippen LogP contribution in [-0.2, 0) is 17.6 Å². The Morgan fingerprint density at radius 2 is 2.17 bits per heavy atom. The van der Waals surface area contributed by atoms with E-state index in [0.717, 1.165) is 34.9 Å². The third-order valence-electron chi connectivity index (χ3n) is 3.88. The monoisotopic (exact) mass is 344 g/mol. The van der Waals surface area contributed by atoms with Gasteiger partial charge in [0, 0.05) is 22.0 Å². The molecule has 0 saturated heterocycles. The van der Waals surface area contributed by atoms with Crippen molar-refractivity contribution in [2.75, 3.05) is 5.32 Å². The molecular weight excluding hydrogens is 328 g/mol. The summed E-state index contributed by atoms with van der Waals surface area (Å²) in [5.41, 5.74) is 3.02. The van der Waals surface area contributed by atoms with E-state index in [2.05, 4.69) is 22.2 Å². The molecule has 5 nitrogen and oxygen atoms in total. The van der Waals surface area contributed by atoms with Crippen molar-refractivity contribution in [3.8, 4) is 0 Å². The number of fused-ring (bicyclic) bond motifs is 2. The number of thiazole rings is 2. The lowest BCUT2D eigenvalue weighted by Crippen LogP contribution is -2.07. The third-order valence-corrected chi connectivity index (χ3v) is 5.85. The summed E-state index contributed by atoms with van der Waals surface area (Å²) in [5, 5.41) is 3.56. The fourth-order valence-electron chi connectivity index (χ4n) is 2.83. The average molecular weight is 344 g/mol. The molecule has 0 aliphatic heterocycles. The second kappa shape index (κ2) is 5.58. The van der Waals surface area contributed by atoms with Crippen LogP contribution in [-0.4, -0.2) is 20.3 Å². The summed E-state index contributed by atoms with van der Waals surface area (Å²) in [4.78, 5) is 24.6. The number of aryl methyl sites for hydroxylation is 4. The van der Waals surface area contributed by atoms with E-state index in [1.807, 2.05) is 23.6 Å². The molecule has 3 aromatic heterocycles. The molecule has 0 aromatic carbocycles. The van der Waals surface area contributed by atoms with Gasteiger partial charge in [-0.1, -0.05) is 0 Å². The highest BCUT2D eigenvalue weighted by Crippen LogP contribution is 2.30. The van der Waals surface area contributed by atoms with Gasteiger partial charge in [-0.2, -0.15) is 0 Å². The van der Waals surface area contributed by atoms with Gasteiger partial charge in [0.05, 0.1) is 17.1 Å². The predicted molar refractivity (Wildman–Crippen MR) is 94.3 cm³/mol. The van der Waals surface area contributed by atoms with Crippen LogP contribution in [0.2, 0.25) is 0 Å². The van der Waals surface area contributed by atoms with Crippen LogP contribution >= 0.6 is 22.7 Å². The zero-order valence-corrected chi connectivity index (χ0v) is 14.6. The number of amides is 1. The lowest BCUT2D eigenvalue weighted by molar-refractivity contribution is -0.111. The summed E-state index contributed by atoms with van der Waals surface area (Å²) in [6.45, 7) is 4.01. The van der Waals surface area contributed by atoms with Crippen molar-refractivity contribution in [3.05, 3.63) is 39.1 Å². The highest BCUT2D eigenvalue weighted by Gasteiger charge is 2.17. The second-order valence-electron chi connectivity index (χ2n) is 5.64. The molecule has 7 heteroatoms.